The van der Waals surface area contributed by atoms with Crippen LogP contribution in [0.1, 0.15) is 23.4 Å². The number of nitrogens with zero attached hydrogens (tertiary/aromatic N) is 5. The van der Waals surface area contributed by atoms with Crippen molar-refractivity contribution in [2.24, 2.45) is 0 Å². The van der Waals surface area contributed by atoms with Crippen molar-refractivity contribution in [1.29, 1.82) is 0 Å². The van der Waals surface area contributed by atoms with Crippen LogP contribution in [0.2, 0.25) is 5.02 Å². The van der Waals surface area contributed by atoms with E-state index in [1.807, 2.05) is 79.0 Å². The number of anilines is 1. The molecule has 0 spiro atoms. The molecule has 4 heterocycles. The number of halogens is 1. The monoisotopic (exact) mass is 521 g/mol. The molecular formula is C29H24ClN7O. The fraction of sp³-hybridized carbons (Fsp3) is 0.138. The molecule has 2 N–H and O–H groups in total. The van der Waals surface area contributed by atoms with Gasteiger partial charge in [-0.1, -0.05) is 23.7 Å². The summed E-state index contributed by atoms with van der Waals surface area (Å²) in [6, 6.07) is 19.0. The average molecular weight is 522 g/mol. The van der Waals surface area contributed by atoms with E-state index in [0.717, 1.165) is 56.3 Å². The summed E-state index contributed by atoms with van der Waals surface area (Å²) in [7, 11) is 0. The molecule has 9 heteroatoms. The van der Waals surface area contributed by atoms with Gasteiger partial charge in [0.05, 0.1) is 16.7 Å². The molecule has 2 aromatic carbocycles. The number of carbonyl (C=O) groups is 1. The third-order valence-corrected chi connectivity index (χ3v) is 6.86. The number of nitrogens with one attached hydrogen (secondary N) is 2. The predicted octanol–water partition coefficient (Wildman–Crippen LogP) is 6.18. The van der Waals surface area contributed by atoms with Gasteiger partial charge >= 0.3 is 0 Å². The Hall–Kier alpha value is -4.56. The van der Waals surface area contributed by atoms with E-state index in [1.165, 1.54) is 0 Å². The molecule has 0 radical (unpaired) electrons. The molecule has 6 aromatic rings. The number of aromatic amines is 1. The Morgan fingerprint density at radius 2 is 1.87 bits per heavy atom. The summed E-state index contributed by atoms with van der Waals surface area (Å²) >= 11 is 6.03. The molecule has 0 aliphatic carbocycles. The largest absolute Gasteiger partial charge is 0.338 e. The van der Waals surface area contributed by atoms with Gasteiger partial charge in [-0.25, -0.2) is 14.5 Å². The van der Waals surface area contributed by atoms with Gasteiger partial charge in [0.15, 0.2) is 5.65 Å². The minimum Gasteiger partial charge on any atom is -0.338 e. The summed E-state index contributed by atoms with van der Waals surface area (Å²) in [5.41, 5.74) is 8.75. The number of amides is 1. The van der Waals surface area contributed by atoms with Crippen LogP contribution in [0.5, 0.6) is 0 Å². The van der Waals surface area contributed by atoms with E-state index in [4.69, 9.17) is 21.7 Å². The molecule has 0 aliphatic rings. The van der Waals surface area contributed by atoms with Crippen molar-refractivity contribution in [2.75, 3.05) is 5.32 Å². The quantitative estimate of drug-likeness (QED) is 0.273. The van der Waals surface area contributed by atoms with Crippen molar-refractivity contribution in [3.8, 4) is 22.6 Å². The summed E-state index contributed by atoms with van der Waals surface area (Å²) in [6.45, 7) is 3.99. The molecule has 38 heavy (non-hydrogen) atoms. The summed E-state index contributed by atoms with van der Waals surface area (Å²) in [5.74, 6) is 0.667. The van der Waals surface area contributed by atoms with Gasteiger partial charge in [0.1, 0.15) is 5.82 Å². The summed E-state index contributed by atoms with van der Waals surface area (Å²) in [5, 5.41) is 8.45. The van der Waals surface area contributed by atoms with Gasteiger partial charge in [0, 0.05) is 58.1 Å². The maximum Gasteiger partial charge on any atom is 0.224 e. The number of pyridine rings is 1. The molecular weight excluding hydrogens is 498 g/mol. The van der Waals surface area contributed by atoms with E-state index in [-0.39, 0.29) is 5.91 Å². The Kier molecular flexibility index (Phi) is 6.09. The highest BCUT2D eigenvalue weighted by molar-refractivity contribution is 6.30. The van der Waals surface area contributed by atoms with Gasteiger partial charge < -0.3 is 10.3 Å². The number of benzene rings is 2. The Morgan fingerprint density at radius 3 is 2.66 bits per heavy atom. The van der Waals surface area contributed by atoms with Crippen LogP contribution in [-0.4, -0.2) is 35.5 Å². The average Bonchev–Trinajstić information content (AvgIpc) is 3.54. The SMILES string of the molecule is Cc1nc2cc(-c3ccc(Cl)cc3)nn2c(C)c1CCC(=O)Nc1ccc2nc(-c3cccnc3)[nH]c2c1. The second-order valence-corrected chi connectivity index (χ2v) is 9.61. The van der Waals surface area contributed by atoms with Gasteiger partial charge in [-0.15, -0.1) is 0 Å². The van der Waals surface area contributed by atoms with Crippen LogP contribution in [-0.2, 0) is 11.2 Å². The number of H-pyrrole nitrogens is 1. The zero-order valence-corrected chi connectivity index (χ0v) is 21.6. The highest BCUT2D eigenvalue weighted by Crippen LogP contribution is 2.25. The van der Waals surface area contributed by atoms with Crippen molar-refractivity contribution in [3.05, 3.63) is 95.0 Å². The molecule has 0 aliphatic heterocycles. The number of rotatable bonds is 6. The number of carbonyl (C=O) groups excluding carboxylic acids is 1. The van der Waals surface area contributed by atoms with Crippen molar-refractivity contribution in [2.45, 2.75) is 26.7 Å². The molecule has 188 valence electrons. The van der Waals surface area contributed by atoms with Crippen LogP contribution < -0.4 is 5.32 Å². The van der Waals surface area contributed by atoms with E-state index in [2.05, 4.69) is 20.3 Å². The van der Waals surface area contributed by atoms with E-state index in [9.17, 15) is 4.79 Å². The van der Waals surface area contributed by atoms with Gasteiger partial charge in [0.2, 0.25) is 5.91 Å². The van der Waals surface area contributed by atoms with Crippen LogP contribution in [0.15, 0.2) is 73.1 Å². The van der Waals surface area contributed by atoms with E-state index in [0.29, 0.717) is 23.6 Å². The van der Waals surface area contributed by atoms with Crippen LogP contribution in [0.25, 0.3) is 39.3 Å². The highest BCUT2D eigenvalue weighted by atomic mass is 35.5. The lowest BCUT2D eigenvalue weighted by atomic mass is 10.1. The molecule has 0 atom stereocenters. The fourth-order valence-corrected chi connectivity index (χ4v) is 4.77. The first-order valence-corrected chi connectivity index (χ1v) is 12.6. The third kappa shape index (κ3) is 4.62. The summed E-state index contributed by atoms with van der Waals surface area (Å²) in [6.07, 6.45) is 4.37. The van der Waals surface area contributed by atoms with Gasteiger partial charge in [-0.05, 0) is 68.3 Å². The highest BCUT2D eigenvalue weighted by Gasteiger charge is 2.15. The molecule has 8 nitrogen and oxygen atoms in total. The maximum absolute atomic E-state index is 12.9. The number of aromatic nitrogens is 6. The number of hydrogen-bond acceptors (Lipinski definition) is 5. The molecule has 1 amide bonds. The van der Waals surface area contributed by atoms with E-state index < -0.39 is 0 Å². The molecule has 6 rings (SSSR count). The van der Waals surface area contributed by atoms with Crippen LogP contribution in [0.4, 0.5) is 5.69 Å². The van der Waals surface area contributed by atoms with Crippen molar-refractivity contribution in [1.82, 2.24) is 29.5 Å². The van der Waals surface area contributed by atoms with Crippen molar-refractivity contribution < 1.29 is 4.79 Å². The first-order chi connectivity index (χ1) is 18.4. The van der Waals surface area contributed by atoms with Crippen LogP contribution in [0.3, 0.4) is 0 Å². The van der Waals surface area contributed by atoms with Gasteiger partial charge in [0.25, 0.3) is 0 Å². The lowest BCUT2D eigenvalue weighted by Crippen LogP contribution is -2.14. The standard InChI is InChI=1S/C29H24ClN7O/c1-17-23(18(2)37-27(32-17)15-25(36-37)19-5-7-21(30)8-6-19)10-12-28(38)33-22-9-11-24-26(14-22)35-29(34-24)20-4-3-13-31-16-20/h3-9,11,13-16H,10,12H2,1-2H3,(H,33,38)(H,34,35). The predicted molar refractivity (Wildman–Crippen MR) is 149 cm³/mol. The number of aryl methyl sites for hydroxylation is 2. The van der Waals surface area contributed by atoms with Crippen LogP contribution in [0, 0.1) is 13.8 Å². The summed E-state index contributed by atoms with van der Waals surface area (Å²) < 4.78 is 1.84. The lowest BCUT2D eigenvalue weighted by Gasteiger charge is -2.11. The lowest BCUT2D eigenvalue weighted by molar-refractivity contribution is -0.116. The molecule has 0 fully saturated rings. The first kappa shape index (κ1) is 23.8. The second kappa shape index (κ2) is 9.72. The van der Waals surface area contributed by atoms with E-state index in [1.54, 1.807) is 12.4 Å². The number of hydrogen-bond donors (Lipinski definition) is 2. The van der Waals surface area contributed by atoms with Crippen molar-refractivity contribution >= 4 is 39.9 Å². The molecule has 0 bridgehead atoms. The Labute approximate surface area is 223 Å². The Morgan fingerprint density at radius 1 is 1.03 bits per heavy atom. The van der Waals surface area contributed by atoms with Crippen molar-refractivity contribution in [3.63, 3.8) is 0 Å². The van der Waals surface area contributed by atoms with Gasteiger partial charge in [-0.2, -0.15) is 5.10 Å². The fourth-order valence-electron chi connectivity index (χ4n) is 4.64. The number of fused-ring (bicyclic) bond motifs is 2. The molecule has 0 unspecified atom stereocenters. The van der Waals surface area contributed by atoms with Crippen LogP contribution >= 0.6 is 11.6 Å². The molecule has 4 aromatic heterocycles. The van der Waals surface area contributed by atoms with E-state index >= 15 is 0 Å². The zero-order valence-electron chi connectivity index (χ0n) is 20.9. The van der Waals surface area contributed by atoms with Gasteiger partial charge in [-0.3, -0.25) is 9.78 Å². The summed E-state index contributed by atoms with van der Waals surface area (Å²) in [4.78, 5) is 29.7. The minimum absolute atomic E-state index is 0.0717. The molecule has 0 saturated heterocycles. The molecule has 0 saturated carbocycles. The second-order valence-electron chi connectivity index (χ2n) is 9.17. The smallest absolute Gasteiger partial charge is 0.224 e. The Balaban J connectivity index is 1.17. The Bertz CT molecular complexity index is 1790. The maximum atomic E-state index is 12.9. The number of imidazole rings is 1. The topological polar surface area (TPSA) is 101 Å². The third-order valence-electron chi connectivity index (χ3n) is 6.61. The first-order valence-electron chi connectivity index (χ1n) is 12.3. The minimum atomic E-state index is -0.0717. The zero-order chi connectivity index (χ0) is 26.2. The normalized spacial score (nSPS) is 11.3.